The van der Waals surface area contributed by atoms with Crippen molar-refractivity contribution in [2.45, 2.75) is 13.8 Å². The number of rotatable bonds is 3. The summed E-state index contributed by atoms with van der Waals surface area (Å²) in [5.74, 6) is -1.22. The normalized spacial score (nSPS) is 14.6. The molecule has 1 N–H and O–H groups in total. The number of imide groups is 1. The van der Waals surface area contributed by atoms with Gasteiger partial charge < -0.3 is 5.32 Å². The van der Waals surface area contributed by atoms with Gasteiger partial charge in [-0.1, -0.05) is 29.8 Å². The van der Waals surface area contributed by atoms with Crippen LogP contribution in [0.15, 0.2) is 48.2 Å². The van der Waals surface area contributed by atoms with Crippen molar-refractivity contribution in [3.63, 3.8) is 0 Å². The highest BCUT2D eigenvalue weighted by Gasteiger charge is 2.37. The average Bonchev–Trinajstić information content (AvgIpc) is 2.73. The molecule has 0 aliphatic carbocycles. The summed E-state index contributed by atoms with van der Waals surface area (Å²) in [7, 11) is 1.44. The zero-order valence-corrected chi connectivity index (χ0v) is 13.7. The van der Waals surface area contributed by atoms with Crippen LogP contribution in [0.5, 0.6) is 0 Å². The molecule has 5 heteroatoms. The van der Waals surface area contributed by atoms with Gasteiger partial charge in [0.25, 0.3) is 11.8 Å². The van der Waals surface area contributed by atoms with Crippen LogP contribution in [-0.2, 0) is 9.59 Å². The number of nitrogens with one attached hydrogen (secondary N) is 1. The highest BCUT2D eigenvalue weighted by Crippen LogP contribution is 2.31. The summed E-state index contributed by atoms with van der Waals surface area (Å²) in [5, 5.41) is 2.91. The van der Waals surface area contributed by atoms with Gasteiger partial charge in [0.2, 0.25) is 0 Å². The molecule has 0 radical (unpaired) electrons. The van der Waals surface area contributed by atoms with Crippen molar-refractivity contribution in [3.05, 3.63) is 70.7 Å². The number of anilines is 1. The summed E-state index contributed by atoms with van der Waals surface area (Å²) < 4.78 is 13.4. The van der Waals surface area contributed by atoms with Crippen LogP contribution in [0.2, 0.25) is 0 Å². The van der Waals surface area contributed by atoms with E-state index < -0.39 is 11.7 Å². The zero-order valence-electron chi connectivity index (χ0n) is 13.7. The van der Waals surface area contributed by atoms with Crippen molar-refractivity contribution < 1.29 is 14.0 Å². The molecule has 0 bridgehead atoms. The number of halogens is 1. The largest absolute Gasteiger partial charge is 0.350 e. The Morgan fingerprint density at radius 2 is 1.75 bits per heavy atom. The monoisotopic (exact) mass is 324 g/mol. The Labute approximate surface area is 139 Å². The first-order valence-corrected chi connectivity index (χ1v) is 7.55. The minimum Gasteiger partial charge on any atom is -0.350 e. The van der Waals surface area contributed by atoms with Crippen molar-refractivity contribution in [1.29, 1.82) is 0 Å². The fourth-order valence-electron chi connectivity index (χ4n) is 2.81. The smallest absolute Gasteiger partial charge is 0.277 e. The highest BCUT2D eigenvalue weighted by molar-refractivity contribution is 6.36. The maximum absolute atomic E-state index is 13.4. The Morgan fingerprint density at radius 1 is 1.00 bits per heavy atom. The van der Waals surface area contributed by atoms with Crippen molar-refractivity contribution in [2.75, 3.05) is 12.4 Å². The summed E-state index contributed by atoms with van der Waals surface area (Å²) in [6, 6.07) is 11.5. The van der Waals surface area contributed by atoms with Crippen molar-refractivity contribution in [2.24, 2.45) is 0 Å². The van der Waals surface area contributed by atoms with Crippen molar-refractivity contribution in [1.82, 2.24) is 4.90 Å². The number of benzene rings is 2. The number of amides is 2. The minimum absolute atomic E-state index is 0.167. The Kier molecular flexibility index (Phi) is 3.93. The standard InChI is InChI=1S/C19H17FN2O2/c1-11-7-8-15(12(2)9-11)16-17(19(24)22(3)18(16)23)21-14-6-4-5-13(20)10-14/h4-10,21H,1-3H3. The molecule has 2 amide bonds. The Bertz CT molecular complexity index is 887. The second-order valence-electron chi connectivity index (χ2n) is 5.87. The number of nitrogens with zero attached hydrogens (tertiary/aromatic N) is 1. The lowest BCUT2D eigenvalue weighted by molar-refractivity contribution is -0.135. The number of hydrogen-bond donors (Lipinski definition) is 1. The van der Waals surface area contributed by atoms with Crippen LogP contribution in [0, 0.1) is 19.7 Å². The molecule has 1 aliphatic heterocycles. The van der Waals surface area contributed by atoms with E-state index in [2.05, 4.69) is 5.32 Å². The Balaban J connectivity index is 2.14. The lowest BCUT2D eigenvalue weighted by Gasteiger charge is -2.10. The van der Waals surface area contributed by atoms with E-state index in [4.69, 9.17) is 0 Å². The van der Waals surface area contributed by atoms with Crippen LogP contribution in [0.4, 0.5) is 10.1 Å². The van der Waals surface area contributed by atoms with Crippen LogP contribution in [0.25, 0.3) is 5.57 Å². The highest BCUT2D eigenvalue weighted by atomic mass is 19.1. The molecular weight excluding hydrogens is 307 g/mol. The number of carbonyl (C=O) groups excluding carboxylic acids is 2. The van der Waals surface area contributed by atoms with E-state index in [1.807, 2.05) is 32.0 Å². The van der Waals surface area contributed by atoms with E-state index in [9.17, 15) is 14.0 Å². The van der Waals surface area contributed by atoms with Gasteiger partial charge in [-0.25, -0.2) is 4.39 Å². The van der Waals surface area contributed by atoms with Crippen LogP contribution in [0.1, 0.15) is 16.7 Å². The second-order valence-corrected chi connectivity index (χ2v) is 5.87. The fourth-order valence-corrected chi connectivity index (χ4v) is 2.81. The molecule has 2 aromatic rings. The van der Waals surface area contributed by atoms with E-state index >= 15 is 0 Å². The number of carbonyl (C=O) groups is 2. The third-order valence-electron chi connectivity index (χ3n) is 4.03. The molecule has 0 saturated carbocycles. The molecule has 0 atom stereocenters. The van der Waals surface area contributed by atoms with Gasteiger partial charge in [0.15, 0.2) is 0 Å². The van der Waals surface area contributed by atoms with Crippen LogP contribution in [0.3, 0.4) is 0 Å². The summed E-state index contributed by atoms with van der Waals surface area (Å²) in [4.78, 5) is 26.1. The molecule has 1 aliphatic rings. The SMILES string of the molecule is Cc1ccc(C2=C(Nc3cccc(F)c3)C(=O)N(C)C2=O)c(C)c1. The first-order valence-electron chi connectivity index (χ1n) is 7.55. The molecule has 1 heterocycles. The van der Waals surface area contributed by atoms with E-state index in [0.717, 1.165) is 16.0 Å². The summed E-state index contributed by atoms with van der Waals surface area (Å²) in [6.07, 6.45) is 0. The molecule has 0 aromatic heterocycles. The van der Waals surface area contributed by atoms with Crippen molar-refractivity contribution >= 4 is 23.1 Å². The van der Waals surface area contributed by atoms with Gasteiger partial charge in [0.1, 0.15) is 11.5 Å². The van der Waals surface area contributed by atoms with E-state index in [0.29, 0.717) is 16.8 Å². The molecule has 0 unspecified atom stereocenters. The third kappa shape index (κ3) is 2.69. The summed E-state index contributed by atoms with van der Waals surface area (Å²) in [5.41, 5.74) is 3.57. The third-order valence-corrected chi connectivity index (χ3v) is 4.03. The van der Waals surface area contributed by atoms with Crippen LogP contribution >= 0.6 is 0 Å². The van der Waals surface area contributed by atoms with Gasteiger partial charge in [-0.15, -0.1) is 0 Å². The Morgan fingerprint density at radius 3 is 2.42 bits per heavy atom. The predicted octanol–water partition coefficient (Wildman–Crippen LogP) is 3.26. The first kappa shape index (κ1) is 15.9. The second kappa shape index (κ2) is 5.92. The Hall–Kier alpha value is -2.95. The lowest BCUT2D eigenvalue weighted by atomic mass is 9.97. The average molecular weight is 324 g/mol. The quantitative estimate of drug-likeness (QED) is 0.882. The number of likely N-dealkylation sites (N-methyl/N-ethyl adjacent to an activating group) is 1. The van der Waals surface area contributed by atoms with Gasteiger partial charge in [-0.3, -0.25) is 14.5 Å². The molecule has 0 saturated heterocycles. The maximum Gasteiger partial charge on any atom is 0.277 e. The van der Waals surface area contributed by atoms with Crippen LogP contribution < -0.4 is 5.32 Å². The van der Waals surface area contributed by atoms with Gasteiger partial charge in [0, 0.05) is 12.7 Å². The predicted molar refractivity (Wildman–Crippen MR) is 90.6 cm³/mol. The first-order chi connectivity index (χ1) is 11.4. The molecule has 122 valence electrons. The summed E-state index contributed by atoms with van der Waals surface area (Å²) >= 11 is 0. The van der Waals surface area contributed by atoms with E-state index in [1.54, 1.807) is 12.1 Å². The van der Waals surface area contributed by atoms with E-state index in [-0.39, 0.29) is 11.6 Å². The van der Waals surface area contributed by atoms with Crippen molar-refractivity contribution in [3.8, 4) is 0 Å². The van der Waals surface area contributed by atoms with Gasteiger partial charge in [-0.05, 0) is 43.2 Å². The molecule has 4 nitrogen and oxygen atoms in total. The molecular formula is C19H17FN2O2. The van der Waals surface area contributed by atoms with Gasteiger partial charge in [-0.2, -0.15) is 0 Å². The zero-order chi connectivity index (χ0) is 17.4. The van der Waals surface area contributed by atoms with Crippen LogP contribution in [-0.4, -0.2) is 23.8 Å². The van der Waals surface area contributed by atoms with Gasteiger partial charge in [0.05, 0.1) is 5.57 Å². The number of aryl methyl sites for hydroxylation is 2. The topological polar surface area (TPSA) is 49.4 Å². The molecule has 3 rings (SSSR count). The molecule has 0 spiro atoms. The lowest BCUT2D eigenvalue weighted by Crippen LogP contribution is -2.28. The molecule has 24 heavy (non-hydrogen) atoms. The summed E-state index contributed by atoms with van der Waals surface area (Å²) in [6.45, 7) is 3.86. The maximum atomic E-state index is 13.4. The fraction of sp³-hybridized carbons (Fsp3) is 0.158. The van der Waals surface area contributed by atoms with E-state index in [1.165, 1.54) is 19.2 Å². The molecule has 0 fully saturated rings. The number of hydrogen-bond acceptors (Lipinski definition) is 3. The van der Waals surface area contributed by atoms with Gasteiger partial charge >= 0.3 is 0 Å². The minimum atomic E-state index is -0.431. The molecule has 2 aromatic carbocycles.